The summed E-state index contributed by atoms with van der Waals surface area (Å²) in [5, 5.41) is 0. The van der Waals surface area contributed by atoms with E-state index in [0.717, 1.165) is 0 Å². The van der Waals surface area contributed by atoms with Crippen LogP contribution < -0.4 is 5.73 Å². The van der Waals surface area contributed by atoms with Gasteiger partial charge in [-0.25, -0.2) is 0 Å². The summed E-state index contributed by atoms with van der Waals surface area (Å²) in [4.78, 5) is 13.5. The molecular weight excluding hydrogens is 180 g/mol. The van der Waals surface area contributed by atoms with Gasteiger partial charge in [-0.15, -0.1) is 0 Å². The maximum absolute atomic E-state index is 11.7. The molecular formula is C10H20N2O2. The molecule has 0 aromatic carbocycles. The highest BCUT2D eigenvalue weighted by Gasteiger charge is 2.34. The lowest BCUT2D eigenvalue weighted by Gasteiger charge is -2.42. The fraction of sp³-hybridized carbons (Fsp3) is 0.900. The van der Waals surface area contributed by atoms with E-state index >= 15 is 0 Å². The van der Waals surface area contributed by atoms with Crippen LogP contribution in [0.1, 0.15) is 27.7 Å². The second-order valence-electron chi connectivity index (χ2n) is 4.70. The Morgan fingerprint density at radius 3 is 2.64 bits per heavy atom. The number of carbonyl (C=O) groups excluding carboxylic acids is 1. The lowest BCUT2D eigenvalue weighted by Crippen LogP contribution is -2.56. The molecule has 1 rings (SSSR count). The zero-order valence-corrected chi connectivity index (χ0v) is 9.41. The van der Waals surface area contributed by atoms with Crippen molar-refractivity contribution in [2.45, 2.75) is 45.4 Å². The molecule has 0 saturated carbocycles. The third kappa shape index (κ3) is 2.69. The normalized spacial score (nSPS) is 28.6. The van der Waals surface area contributed by atoms with E-state index in [-0.39, 0.29) is 17.6 Å². The highest BCUT2D eigenvalue weighted by molar-refractivity contribution is 5.81. The van der Waals surface area contributed by atoms with E-state index in [4.69, 9.17) is 10.5 Å². The second kappa shape index (κ2) is 3.87. The van der Waals surface area contributed by atoms with Gasteiger partial charge in [0.05, 0.1) is 17.7 Å². The van der Waals surface area contributed by atoms with Gasteiger partial charge in [-0.3, -0.25) is 4.79 Å². The van der Waals surface area contributed by atoms with Crippen molar-refractivity contribution in [3.63, 3.8) is 0 Å². The molecule has 0 radical (unpaired) electrons. The van der Waals surface area contributed by atoms with Crippen LogP contribution in [0.3, 0.4) is 0 Å². The number of nitrogens with zero attached hydrogens (tertiary/aromatic N) is 1. The summed E-state index contributed by atoms with van der Waals surface area (Å²) in [6.45, 7) is 8.94. The van der Waals surface area contributed by atoms with E-state index < -0.39 is 6.04 Å². The fourth-order valence-corrected chi connectivity index (χ4v) is 1.91. The Bertz CT molecular complexity index is 226. The van der Waals surface area contributed by atoms with Gasteiger partial charge in [0.1, 0.15) is 0 Å². The van der Waals surface area contributed by atoms with Gasteiger partial charge in [0, 0.05) is 13.1 Å². The molecule has 2 atom stereocenters. The number of nitrogens with two attached hydrogens (primary N) is 1. The Hall–Kier alpha value is -0.610. The molecule has 0 spiro atoms. The lowest BCUT2D eigenvalue weighted by molar-refractivity contribution is -0.158. The third-order valence-corrected chi connectivity index (χ3v) is 2.27. The van der Waals surface area contributed by atoms with Crippen LogP contribution in [0.15, 0.2) is 0 Å². The van der Waals surface area contributed by atoms with E-state index in [1.807, 2.05) is 20.8 Å². The van der Waals surface area contributed by atoms with Gasteiger partial charge in [-0.05, 0) is 27.7 Å². The minimum Gasteiger partial charge on any atom is -0.369 e. The van der Waals surface area contributed by atoms with Crippen LogP contribution in [-0.2, 0) is 9.53 Å². The van der Waals surface area contributed by atoms with Crippen LogP contribution in [0, 0.1) is 0 Å². The van der Waals surface area contributed by atoms with Crippen LogP contribution in [0.5, 0.6) is 0 Å². The van der Waals surface area contributed by atoms with Gasteiger partial charge in [-0.2, -0.15) is 0 Å². The Kier molecular flexibility index (Phi) is 3.17. The first-order valence-electron chi connectivity index (χ1n) is 5.04. The van der Waals surface area contributed by atoms with Crippen LogP contribution in [-0.4, -0.2) is 41.6 Å². The van der Waals surface area contributed by atoms with Crippen molar-refractivity contribution in [2.75, 3.05) is 13.1 Å². The zero-order chi connectivity index (χ0) is 10.9. The van der Waals surface area contributed by atoms with Gasteiger partial charge in [0.25, 0.3) is 0 Å². The molecule has 1 fully saturated rings. The summed E-state index contributed by atoms with van der Waals surface area (Å²) in [5.41, 5.74) is 5.31. The van der Waals surface area contributed by atoms with Gasteiger partial charge in [0.2, 0.25) is 5.91 Å². The number of rotatable bonds is 1. The molecule has 1 amide bonds. The SMILES string of the molecule is CC1CN(C(=O)C(C)N)CC(C)(C)O1. The van der Waals surface area contributed by atoms with E-state index in [1.165, 1.54) is 0 Å². The number of hydrogen-bond acceptors (Lipinski definition) is 3. The Morgan fingerprint density at radius 2 is 2.21 bits per heavy atom. The monoisotopic (exact) mass is 200 g/mol. The van der Waals surface area contributed by atoms with Crippen molar-refractivity contribution < 1.29 is 9.53 Å². The van der Waals surface area contributed by atoms with Crippen LogP contribution in [0.25, 0.3) is 0 Å². The standard InChI is InChI=1S/C10H20N2O2/c1-7-5-12(9(13)8(2)11)6-10(3,4)14-7/h7-8H,5-6,11H2,1-4H3. The number of hydrogen-bond donors (Lipinski definition) is 1. The van der Waals surface area contributed by atoms with E-state index in [2.05, 4.69) is 0 Å². The topological polar surface area (TPSA) is 55.6 Å². The van der Waals surface area contributed by atoms with E-state index in [1.54, 1.807) is 11.8 Å². The molecule has 4 nitrogen and oxygen atoms in total. The molecule has 2 N–H and O–H groups in total. The van der Waals surface area contributed by atoms with Crippen molar-refractivity contribution in [3.8, 4) is 0 Å². The van der Waals surface area contributed by atoms with Crippen molar-refractivity contribution in [2.24, 2.45) is 5.73 Å². The predicted molar refractivity (Wildman–Crippen MR) is 54.9 cm³/mol. The zero-order valence-electron chi connectivity index (χ0n) is 9.41. The molecule has 1 saturated heterocycles. The van der Waals surface area contributed by atoms with Gasteiger partial charge < -0.3 is 15.4 Å². The smallest absolute Gasteiger partial charge is 0.239 e. The molecule has 1 heterocycles. The van der Waals surface area contributed by atoms with Gasteiger partial charge in [0.15, 0.2) is 0 Å². The first-order chi connectivity index (χ1) is 6.32. The van der Waals surface area contributed by atoms with Crippen molar-refractivity contribution >= 4 is 5.91 Å². The minimum absolute atomic E-state index is 0.00762. The Balaban J connectivity index is 2.67. The van der Waals surface area contributed by atoms with Crippen LogP contribution >= 0.6 is 0 Å². The average Bonchev–Trinajstić information content (AvgIpc) is 1.98. The van der Waals surface area contributed by atoms with Crippen molar-refractivity contribution in [1.29, 1.82) is 0 Å². The van der Waals surface area contributed by atoms with Gasteiger partial charge >= 0.3 is 0 Å². The molecule has 0 aromatic rings. The summed E-state index contributed by atoms with van der Waals surface area (Å²) in [5.74, 6) is 0.00762. The third-order valence-electron chi connectivity index (χ3n) is 2.27. The van der Waals surface area contributed by atoms with E-state index in [0.29, 0.717) is 13.1 Å². The largest absolute Gasteiger partial charge is 0.369 e. The van der Waals surface area contributed by atoms with E-state index in [9.17, 15) is 4.79 Å². The van der Waals surface area contributed by atoms with Crippen molar-refractivity contribution in [1.82, 2.24) is 4.90 Å². The minimum atomic E-state index is -0.420. The summed E-state index contributed by atoms with van der Waals surface area (Å²) < 4.78 is 5.70. The second-order valence-corrected chi connectivity index (χ2v) is 4.70. The molecule has 4 heteroatoms. The predicted octanol–water partition coefficient (Wildman–Crippen LogP) is 0.359. The summed E-state index contributed by atoms with van der Waals surface area (Å²) in [6.07, 6.45) is 0.0847. The summed E-state index contributed by atoms with van der Waals surface area (Å²) in [6, 6.07) is -0.420. The molecule has 0 aliphatic carbocycles. The quantitative estimate of drug-likeness (QED) is 0.665. The average molecular weight is 200 g/mol. The molecule has 1 aliphatic heterocycles. The molecule has 0 bridgehead atoms. The van der Waals surface area contributed by atoms with Crippen LogP contribution in [0.4, 0.5) is 0 Å². The maximum Gasteiger partial charge on any atom is 0.239 e. The summed E-state index contributed by atoms with van der Waals surface area (Å²) >= 11 is 0. The van der Waals surface area contributed by atoms with Gasteiger partial charge in [-0.1, -0.05) is 0 Å². The molecule has 2 unspecified atom stereocenters. The maximum atomic E-state index is 11.7. The number of ether oxygens (including phenoxy) is 1. The number of carbonyl (C=O) groups is 1. The fourth-order valence-electron chi connectivity index (χ4n) is 1.91. The Morgan fingerprint density at radius 1 is 1.64 bits per heavy atom. The number of morpholine rings is 1. The highest BCUT2D eigenvalue weighted by atomic mass is 16.5. The molecule has 82 valence electrons. The van der Waals surface area contributed by atoms with Crippen molar-refractivity contribution in [3.05, 3.63) is 0 Å². The summed E-state index contributed by atoms with van der Waals surface area (Å²) in [7, 11) is 0. The van der Waals surface area contributed by atoms with Crippen LogP contribution in [0.2, 0.25) is 0 Å². The Labute approximate surface area is 85.4 Å². The first kappa shape index (κ1) is 11.5. The highest BCUT2D eigenvalue weighted by Crippen LogP contribution is 2.20. The number of amides is 1. The molecule has 0 aromatic heterocycles. The first-order valence-corrected chi connectivity index (χ1v) is 5.04. The molecule has 14 heavy (non-hydrogen) atoms. The molecule has 1 aliphatic rings. The lowest BCUT2D eigenvalue weighted by atomic mass is 10.0.